The molecule has 5 nitrogen and oxygen atoms in total. The SMILES string of the molecule is CC(=O)n1ccc2ccc(S(=O)(=O)O)cc21. The van der Waals surface area contributed by atoms with Gasteiger partial charge in [-0.1, -0.05) is 6.07 Å². The molecular formula is C10H9NO4S. The molecule has 0 aliphatic carbocycles. The van der Waals surface area contributed by atoms with E-state index in [1.807, 2.05) is 0 Å². The van der Waals surface area contributed by atoms with Crippen LogP contribution in [0.1, 0.15) is 11.7 Å². The van der Waals surface area contributed by atoms with E-state index in [0.717, 1.165) is 5.39 Å². The summed E-state index contributed by atoms with van der Waals surface area (Å²) in [5.41, 5.74) is 0.461. The molecule has 0 radical (unpaired) electrons. The normalized spacial score (nSPS) is 11.9. The molecule has 1 heterocycles. The van der Waals surface area contributed by atoms with E-state index >= 15 is 0 Å². The summed E-state index contributed by atoms with van der Waals surface area (Å²) in [6, 6.07) is 5.80. The van der Waals surface area contributed by atoms with E-state index in [-0.39, 0.29) is 10.8 Å². The van der Waals surface area contributed by atoms with E-state index in [1.165, 1.54) is 29.7 Å². The van der Waals surface area contributed by atoms with Crippen LogP contribution in [0.25, 0.3) is 10.9 Å². The predicted molar refractivity (Wildman–Crippen MR) is 58.1 cm³/mol. The van der Waals surface area contributed by atoms with Gasteiger partial charge < -0.3 is 0 Å². The highest BCUT2D eigenvalue weighted by molar-refractivity contribution is 7.85. The van der Waals surface area contributed by atoms with Crippen molar-refractivity contribution in [2.24, 2.45) is 0 Å². The first kappa shape index (κ1) is 10.8. The lowest BCUT2D eigenvalue weighted by atomic mass is 10.2. The molecule has 0 atom stereocenters. The van der Waals surface area contributed by atoms with Crippen LogP contribution in [0.5, 0.6) is 0 Å². The van der Waals surface area contributed by atoms with Gasteiger partial charge in [-0.2, -0.15) is 8.42 Å². The van der Waals surface area contributed by atoms with Gasteiger partial charge >= 0.3 is 0 Å². The summed E-state index contributed by atoms with van der Waals surface area (Å²) in [5.74, 6) is -0.220. The molecule has 1 N–H and O–H groups in total. The molecule has 0 unspecified atom stereocenters. The Morgan fingerprint density at radius 2 is 2.00 bits per heavy atom. The van der Waals surface area contributed by atoms with Crippen LogP contribution in [-0.4, -0.2) is 23.4 Å². The van der Waals surface area contributed by atoms with Crippen LogP contribution in [0.2, 0.25) is 0 Å². The van der Waals surface area contributed by atoms with Gasteiger partial charge in [-0.3, -0.25) is 13.9 Å². The summed E-state index contributed by atoms with van der Waals surface area (Å²) < 4.78 is 32.1. The van der Waals surface area contributed by atoms with Gasteiger partial charge in [0.2, 0.25) is 5.91 Å². The van der Waals surface area contributed by atoms with Gasteiger partial charge in [-0.15, -0.1) is 0 Å². The quantitative estimate of drug-likeness (QED) is 0.766. The van der Waals surface area contributed by atoms with Crippen molar-refractivity contribution in [1.29, 1.82) is 0 Å². The molecule has 2 aromatic rings. The van der Waals surface area contributed by atoms with Crippen molar-refractivity contribution >= 4 is 26.9 Å². The topological polar surface area (TPSA) is 76.4 Å². The van der Waals surface area contributed by atoms with Crippen LogP contribution in [0.15, 0.2) is 35.4 Å². The Balaban J connectivity index is 2.78. The first-order chi connectivity index (χ1) is 7.39. The van der Waals surface area contributed by atoms with Crippen molar-refractivity contribution in [2.75, 3.05) is 0 Å². The Hall–Kier alpha value is -1.66. The molecule has 6 heteroatoms. The summed E-state index contributed by atoms with van der Waals surface area (Å²) in [5, 5.41) is 0.739. The third-order valence-corrected chi connectivity index (χ3v) is 3.15. The zero-order valence-electron chi connectivity index (χ0n) is 8.41. The number of hydrogen-bond donors (Lipinski definition) is 1. The summed E-state index contributed by atoms with van der Waals surface area (Å²) in [7, 11) is -4.24. The lowest BCUT2D eigenvalue weighted by Crippen LogP contribution is -2.04. The summed E-state index contributed by atoms with van der Waals surface area (Å²) >= 11 is 0. The van der Waals surface area contributed by atoms with Gasteiger partial charge in [-0.25, -0.2) is 0 Å². The second kappa shape index (κ2) is 3.43. The van der Waals surface area contributed by atoms with Crippen molar-refractivity contribution in [3.63, 3.8) is 0 Å². The number of carbonyl (C=O) groups is 1. The van der Waals surface area contributed by atoms with Gasteiger partial charge in [0.15, 0.2) is 0 Å². The minimum atomic E-state index is -4.24. The Labute approximate surface area is 92.1 Å². The number of hydrogen-bond acceptors (Lipinski definition) is 3. The van der Waals surface area contributed by atoms with Crippen LogP contribution >= 0.6 is 0 Å². The summed E-state index contributed by atoms with van der Waals surface area (Å²) in [6.07, 6.45) is 1.56. The van der Waals surface area contributed by atoms with E-state index in [2.05, 4.69) is 0 Å². The number of rotatable bonds is 1. The average molecular weight is 239 g/mol. The zero-order chi connectivity index (χ0) is 11.9. The maximum absolute atomic E-state index is 11.2. The van der Waals surface area contributed by atoms with Crippen LogP contribution in [-0.2, 0) is 10.1 Å². The van der Waals surface area contributed by atoms with Crippen molar-refractivity contribution in [2.45, 2.75) is 11.8 Å². The Morgan fingerprint density at radius 3 is 2.56 bits per heavy atom. The van der Waals surface area contributed by atoms with Gasteiger partial charge in [0, 0.05) is 18.5 Å². The van der Waals surface area contributed by atoms with Crippen LogP contribution < -0.4 is 0 Å². The van der Waals surface area contributed by atoms with Crippen molar-refractivity contribution in [3.8, 4) is 0 Å². The number of aromatic nitrogens is 1. The van der Waals surface area contributed by atoms with Gasteiger partial charge in [-0.05, 0) is 18.2 Å². The molecule has 1 aromatic heterocycles. The van der Waals surface area contributed by atoms with Crippen LogP contribution in [0, 0.1) is 0 Å². The molecule has 1 aromatic carbocycles. The lowest BCUT2D eigenvalue weighted by molar-refractivity contribution is 0.0941. The van der Waals surface area contributed by atoms with Gasteiger partial charge in [0.05, 0.1) is 10.4 Å². The van der Waals surface area contributed by atoms with E-state index in [9.17, 15) is 13.2 Å². The Bertz CT molecular complexity index is 669. The number of fused-ring (bicyclic) bond motifs is 1. The van der Waals surface area contributed by atoms with Crippen LogP contribution in [0.4, 0.5) is 0 Å². The molecule has 16 heavy (non-hydrogen) atoms. The summed E-state index contributed by atoms with van der Waals surface area (Å²) in [6.45, 7) is 1.37. The molecule has 0 saturated carbocycles. The van der Waals surface area contributed by atoms with E-state index < -0.39 is 10.1 Å². The standard InChI is InChI=1S/C10H9NO4S/c1-7(12)11-5-4-8-2-3-9(6-10(8)11)16(13,14)15/h2-6H,1H3,(H,13,14,15). The Kier molecular flexibility index (Phi) is 2.32. The lowest BCUT2D eigenvalue weighted by Gasteiger charge is -2.01. The number of carbonyl (C=O) groups excluding carboxylic acids is 1. The van der Waals surface area contributed by atoms with Gasteiger partial charge in [0.25, 0.3) is 10.1 Å². The van der Waals surface area contributed by atoms with Crippen molar-refractivity contribution in [1.82, 2.24) is 4.57 Å². The molecule has 0 bridgehead atoms. The molecule has 0 aliphatic heterocycles. The fourth-order valence-corrected chi connectivity index (χ4v) is 2.04. The highest BCUT2D eigenvalue weighted by Crippen LogP contribution is 2.20. The number of benzene rings is 1. The maximum Gasteiger partial charge on any atom is 0.294 e. The summed E-state index contributed by atoms with van der Waals surface area (Å²) in [4.78, 5) is 11.0. The molecule has 0 amide bonds. The molecule has 0 aliphatic rings. The largest absolute Gasteiger partial charge is 0.294 e. The minimum Gasteiger partial charge on any atom is -0.287 e. The smallest absolute Gasteiger partial charge is 0.287 e. The molecule has 0 saturated heterocycles. The van der Waals surface area contributed by atoms with Gasteiger partial charge in [0.1, 0.15) is 0 Å². The third kappa shape index (κ3) is 1.72. The second-order valence-electron chi connectivity index (χ2n) is 3.40. The van der Waals surface area contributed by atoms with Crippen molar-refractivity contribution < 1.29 is 17.8 Å². The Morgan fingerprint density at radius 1 is 1.31 bits per heavy atom. The molecule has 0 spiro atoms. The van der Waals surface area contributed by atoms with Crippen LogP contribution in [0.3, 0.4) is 0 Å². The van der Waals surface area contributed by atoms with Crippen molar-refractivity contribution in [3.05, 3.63) is 30.5 Å². The second-order valence-corrected chi connectivity index (χ2v) is 4.82. The molecule has 84 valence electrons. The minimum absolute atomic E-state index is 0.220. The molecule has 0 fully saturated rings. The van der Waals surface area contributed by atoms with E-state index in [4.69, 9.17) is 4.55 Å². The highest BCUT2D eigenvalue weighted by Gasteiger charge is 2.12. The maximum atomic E-state index is 11.2. The molecule has 2 rings (SSSR count). The third-order valence-electron chi connectivity index (χ3n) is 2.30. The first-order valence-corrected chi connectivity index (χ1v) is 5.93. The zero-order valence-corrected chi connectivity index (χ0v) is 9.23. The fourth-order valence-electron chi connectivity index (χ4n) is 1.54. The molecular weight excluding hydrogens is 230 g/mol. The fraction of sp³-hybridized carbons (Fsp3) is 0.100. The first-order valence-electron chi connectivity index (χ1n) is 4.49. The predicted octanol–water partition coefficient (Wildman–Crippen LogP) is 1.55. The average Bonchev–Trinajstić information content (AvgIpc) is 2.58. The van der Waals surface area contributed by atoms with E-state index in [0.29, 0.717) is 5.52 Å². The highest BCUT2D eigenvalue weighted by atomic mass is 32.2. The monoisotopic (exact) mass is 239 g/mol. The number of nitrogens with zero attached hydrogens (tertiary/aromatic N) is 1. The van der Waals surface area contributed by atoms with E-state index in [1.54, 1.807) is 12.3 Å².